The summed E-state index contributed by atoms with van der Waals surface area (Å²) in [5, 5.41) is 0. The Morgan fingerprint density at radius 1 is 0.742 bits per heavy atom. The molecule has 0 aliphatic heterocycles. The van der Waals surface area contributed by atoms with E-state index in [9.17, 15) is 9.59 Å². The third kappa shape index (κ3) is 6.93. The maximum absolute atomic E-state index is 11.2. The maximum Gasteiger partial charge on any atom is 0.333 e. The van der Waals surface area contributed by atoms with Gasteiger partial charge in [-0.2, -0.15) is 0 Å². The van der Waals surface area contributed by atoms with Crippen LogP contribution in [-0.4, -0.2) is 25.5 Å². The van der Waals surface area contributed by atoms with E-state index in [2.05, 4.69) is 13.2 Å². The summed E-state index contributed by atoms with van der Waals surface area (Å²) in [6, 6.07) is 8.08. The fourth-order valence-corrected chi connectivity index (χ4v) is 4.16. The van der Waals surface area contributed by atoms with Crippen LogP contribution in [0.2, 0.25) is 0 Å². The van der Waals surface area contributed by atoms with Gasteiger partial charge in [-0.25, -0.2) is 9.59 Å². The van der Waals surface area contributed by atoms with Gasteiger partial charge in [0.25, 0.3) is 0 Å². The summed E-state index contributed by atoms with van der Waals surface area (Å²) >= 11 is 1.62. The number of ether oxygens (including phenoxy) is 4. The molecule has 0 atom stereocenters. The predicted molar refractivity (Wildman–Crippen MR) is 120 cm³/mol. The lowest BCUT2D eigenvalue weighted by atomic mass is 10.1. The van der Waals surface area contributed by atoms with Crippen molar-refractivity contribution in [2.75, 3.05) is 13.6 Å². The molecule has 0 aliphatic carbocycles. The Morgan fingerprint density at radius 2 is 1.06 bits per heavy atom. The summed E-state index contributed by atoms with van der Waals surface area (Å²) in [5.41, 5.74) is 3.76. The number of aryl methyl sites for hydroxylation is 4. The van der Waals surface area contributed by atoms with Crippen LogP contribution in [0, 0.1) is 27.7 Å². The highest BCUT2D eigenvalue weighted by atomic mass is 32.2. The molecule has 0 saturated carbocycles. The lowest BCUT2D eigenvalue weighted by molar-refractivity contribution is -0.145. The van der Waals surface area contributed by atoms with Gasteiger partial charge in [-0.15, -0.1) is 0 Å². The molecule has 0 aliphatic rings. The van der Waals surface area contributed by atoms with Crippen molar-refractivity contribution in [2.24, 2.45) is 0 Å². The predicted octanol–water partition coefficient (Wildman–Crippen LogP) is 5.20. The zero-order chi connectivity index (χ0) is 23.0. The summed E-state index contributed by atoms with van der Waals surface area (Å²) < 4.78 is 21.0. The first kappa shape index (κ1) is 24.1. The third-order valence-electron chi connectivity index (χ3n) is 4.25. The SMILES string of the molecule is C=CC(=O)OCOc1c(C)cc(Sc2cc(C)c(OCOC(=O)C=C)c(C)c2)cc1C. The van der Waals surface area contributed by atoms with Crippen LogP contribution in [-0.2, 0) is 19.1 Å². The molecular formula is C24H26O6S. The molecule has 164 valence electrons. The van der Waals surface area contributed by atoms with Gasteiger partial charge in [0.05, 0.1) is 0 Å². The average Bonchev–Trinajstić information content (AvgIpc) is 2.71. The number of hydrogen-bond donors (Lipinski definition) is 0. The first-order valence-electron chi connectivity index (χ1n) is 9.49. The van der Waals surface area contributed by atoms with Crippen LogP contribution < -0.4 is 9.47 Å². The lowest BCUT2D eigenvalue weighted by Gasteiger charge is -2.15. The van der Waals surface area contributed by atoms with E-state index < -0.39 is 11.9 Å². The molecule has 2 aromatic carbocycles. The Bertz CT molecular complexity index is 870. The minimum Gasteiger partial charge on any atom is -0.457 e. The first-order chi connectivity index (χ1) is 14.7. The second-order valence-corrected chi connectivity index (χ2v) is 7.88. The van der Waals surface area contributed by atoms with Crippen LogP contribution in [0.4, 0.5) is 0 Å². The Morgan fingerprint density at radius 3 is 1.35 bits per heavy atom. The molecule has 0 bridgehead atoms. The van der Waals surface area contributed by atoms with Crippen LogP contribution in [0.1, 0.15) is 22.3 Å². The Labute approximate surface area is 186 Å². The van der Waals surface area contributed by atoms with Gasteiger partial charge in [-0.05, 0) is 74.2 Å². The van der Waals surface area contributed by atoms with Crippen LogP contribution in [0.5, 0.6) is 11.5 Å². The van der Waals surface area contributed by atoms with Crippen LogP contribution in [0.25, 0.3) is 0 Å². The van der Waals surface area contributed by atoms with Gasteiger partial charge in [-0.1, -0.05) is 24.9 Å². The zero-order valence-electron chi connectivity index (χ0n) is 18.2. The number of rotatable bonds is 10. The number of hydrogen-bond acceptors (Lipinski definition) is 7. The Hall–Kier alpha value is -3.19. The molecule has 0 heterocycles. The third-order valence-corrected chi connectivity index (χ3v) is 5.19. The normalized spacial score (nSPS) is 10.2. The number of carbonyl (C=O) groups is 2. The molecule has 0 radical (unpaired) electrons. The van der Waals surface area contributed by atoms with Crippen LogP contribution in [0.15, 0.2) is 59.4 Å². The lowest BCUT2D eigenvalue weighted by Crippen LogP contribution is -2.09. The Kier molecular flexibility index (Phi) is 8.75. The fraction of sp³-hybridized carbons (Fsp3) is 0.250. The fourth-order valence-electron chi connectivity index (χ4n) is 2.94. The van der Waals surface area contributed by atoms with Gasteiger partial charge in [-0.3, -0.25) is 0 Å². The van der Waals surface area contributed by atoms with Crippen molar-refractivity contribution in [3.63, 3.8) is 0 Å². The molecular weight excluding hydrogens is 416 g/mol. The van der Waals surface area contributed by atoms with E-state index in [0.29, 0.717) is 11.5 Å². The van der Waals surface area contributed by atoms with Crippen molar-refractivity contribution < 1.29 is 28.5 Å². The molecule has 2 aromatic rings. The van der Waals surface area contributed by atoms with E-state index in [1.165, 1.54) is 0 Å². The minimum atomic E-state index is -0.528. The smallest absolute Gasteiger partial charge is 0.333 e. The summed E-state index contributed by atoms with van der Waals surface area (Å²) in [6.07, 6.45) is 2.19. The van der Waals surface area contributed by atoms with Gasteiger partial charge in [0.2, 0.25) is 13.6 Å². The van der Waals surface area contributed by atoms with E-state index in [1.54, 1.807) is 11.8 Å². The highest BCUT2D eigenvalue weighted by Gasteiger charge is 2.12. The van der Waals surface area contributed by atoms with E-state index in [4.69, 9.17) is 18.9 Å². The van der Waals surface area contributed by atoms with Gasteiger partial charge in [0, 0.05) is 21.9 Å². The summed E-state index contributed by atoms with van der Waals surface area (Å²) in [6.45, 7) is 14.1. The molecule has 2 rings (SSSR count). The molecule has 0 amide bonds. The second-order valence-electron chi connectivity index (χ2n) is 6.73. The molecule has 31 heavy (non-hydrogen) atoms. The van der Waals surface area contributed by atoms with Crippen molar-refractivity contribution in [1.82, 2.24) is 0 Å². The summed E-state index contributed by atoms with van der Waals surface area (Å²) in [7, 11) is 0. The van der Waals surface area contributed by atoms with Gasteiger partial charge < -0.3 is 18.9 Å². The topological polar surface area (TPSA) is 71.1 Å². The van der Waals surface area contributed by atoms with Gasteiger partial charge in [0.1, 0.15) is 11.5 Å². The quantitative estimate of drug-likeness (QED) is 0.284. The van der Waals surface area contributed by atoms with Crippen molar-refractivity contribution in [1.29, 1.82) is 0 Å². The molecule has 7 heteroatoms. The number of benzene rings is 2. The van der Waals surface area contributed by atoms with Crippen molar-refractivity contribution in [3.05, 3.63) is 71.8 Å². The largest absolute Gasteiger partial charge is 0.457 e. The minimum absolute atomic E-state index is 0.166. The van der Waals surface area contributed by atoms with Gasteiger partial charge >= 0.3 is 11.9 Å². The van der Waals surface area contributed by atoms with Crippen LogP contribution >= 0.6 is 11.8 Å². The standard InChI is InChI=1S/C24H26O6S/c1-7-21(25)27-13-29-23-15(3)9-19(10-16(23)4)31-20-11-17(5)24(18(6)12-20)30-14-28-22(26)8-2/h7-12H,1-2,13-14H2,3-6H3. The molecule has 0 unspecified atom stereocenters. The summed E-state index contributed by atoms with van der Waals surface area (Å²) in [4.78, 5) is 24.4. The zero-order valence-corrected chi connectivity index (χ0v) is 19.0. The highest BCUT2D eigenvalue weighted by Crippen LogP contribution is 2.36. The monoisotopic (exact) mass is 442 g/mol. The van der Waals surface area contributed by atoms with E-state index >= 15 is 0 Å². The van der Waals surface area contributed by atoms with Gasteiger partial charge in [0.15, 0.2) is 0 Å². The van der Waals surface area contributed by atoms with E-state index in [1.807, 2.05) is 52.0 Å². The van der Waals surface area contributed by atoms with E-state index in [0.717, 1.165) is 44.2 Å². The average molecular weight is 443 g/mol. The highest BCUT2D eigenvalue weighted by molar-refractivity contribution is 7.99. The second kappa shape index (κ2) is 11.3. The summed E-state index contributed by atoms with van der Waals surface area (Å²) in [5.74, 6) is 0.316. The van der Waals surface area contributed by atoms with Crippen molar-refractivity contribution >= 4 is 23.7 Å². The first-order valence-corrected chi connectivity index (χ1v) is 10.3. The molecule has 0 spiro atoms. The van der Waals surface area contributed by atoms with Crippen LogP contribution in [0.3, 0.4) is 0 Å². The molecule has 6 nitrogen and oxygen atoms in total. The molecule has 0 fully saturated rings. The van der Waals surface area contributed by atoms with E-state index in [-0.39, 0.29) is 13.6 Å². The van der Waals surface area contributed by atoms with Crippen molar-refractivity contribution in [3.8, 4) is 11.5 Å². The molecule has 0 aromatic heterocycles. The number of carbonyl (C=O) groups excluding carboxylic acids is 2. The maximum atomic E-state index is 11.2. The molecule has 0 saturated heterocycles. The van der Waals surface area contributed by atoms with Crippen molar-refractivity contribution in [2.45, 2.75) is 37.5 Å². The Balaban J connectivity index is 2.10. The molecule has 0 N–H and O–H groups in total. The number of esters is 2.